The van der Waals surface area contributed by atoms with Gasteiger partial charge in [-0.2, -0.15) is 0 Å². The topological polar surface area (TPSA) is 64.4 Å². The first-order chi connectivity index (χ1) is 7.06. The van der Waals surface area contributed by atoms with Crippen LogP contribution in [0.15, 0.2) is 0 Å². The fraction of sp³-hybridized carbons (Fsp3) is 0.909. The molecule has 4 nitrogen and oxygen atoms in total. The fourth-order valence-corrected chi connectivity index (χ4v) is 1.55. The van der Waals surface area contributed by atoms with Crippen molar-refractivity contribution in [2.24, 2.45) is 11.1 Å². The summed E-state index contributed by atoms with van der Waals surface area (Å²) in [5.41, 5.74) is 5.05. The van der Waals surface area contributed by atoms with Gasteiger partial charge in [-0.25, -0.2) is 0 Å². The molecule has 1 saturated heterocycles. The molecule has 1 atom stereocenters. The van der Waals surface area contributed by atoms with E-state index in [9.17, 15) is 4.79 Å². The van der Waals surface area contributed by atoms with E-state index in [0.717, 1.165) is 25.9 Å². The predicted octanol–water partition coefficient (Wildman–Crippen LogP) is 0.657. The minimum atomic E-state index is -0.462. The van der Waals surface area contributed by atoms with Crippen molar-refractivity contribution in [3.8, 4) is 0 Å². The first kappa shape index (κ1) is 12.5. The van der Waals surface area contributed by atoms with E-state index >= 15 is 0 Å². The van der Waals surface area contributed by atoms with Crippen molar-refractivity contribution in [1.82, 2.24) is 5.32 Å². The van der Waals surface area contributed by atoms with Gasteiger partial charge in [0, 0.05) is 19.7 Å². The summed E-state index contributed by atoms with van der Waals surface area (Å²) < 4.78 is 5.47. The van der Waals surface area contributed by atoms with Crippen LogP contribution in [0.4, 0.5) is 0 Å². The van der Waals surface area contributed by atoms with Crippen LogP contribution in [0.2, 0.25) is 0 Å². The summed E-state index contributed by atoms with van der Waals surface area (Å²) in [5.74, 6) is 0.0306. The minimum absolute atomic E-state index is 0.0306. The Morgan fingerprint density at radius 1 is 1.60 bits per heavy atom. The fourth-order valence-electron chi connectivity index (χ4n) is 1.55. The first-order valence-electron chi connectivity index (χ1n) is 5.66. The predicted molar refractivity (Wildman–Crippen MR) is 59.4 cm³/mol. The quantitative estimate of drug-likeness (QED) is 0.706. The maximum absolute atomic E-state index is 11.6. The Morgan fingerprint density at radius 3 is 2.87 bits per heavy atom. The molecule has 3 N–H and O–H groups in total. The molecule has 0 aliphatic carbocycles. The maximum Gasteiger partial charge on any atom is 0.226 e. The van der Waals surface area contributed by atoms with E-state index in [2.05, 4.69) is 5.32 Å². The van der Waals surface area contributed by atoms with E-state index in [-0.39, 0.29) is 5.91 Å². The van der Waals surface area contributed by atoms with Crippen LogP contribution in [0, 0.1) is 5.41 Å². The average molecular weight is 214 g/mol. The molecule has 15 heavy (non-hydrogen) atoms. The highest BCUT2D eigenvalue weighted by molar-refractivity contribution is 5.81. The molecule has 0 bridgehead atoms. The van der Waals surface area contributed by atoms with Crippen molar-refractivity contribution in [2.45, 2.75) is 39.2 Å². The molecule has 0 spiro atoms. The van der Waals surface area contributed by atoms with Gasteiger partial charge in [0.2, 0.25) is 5.91 Å². The number of amides is 1. The summed E-state index contributed by atoms with van der Waals surface area (Å²) in [7, 11) is 0. The second kappa shape index (κ2) is 5.47. The summed E-state index contributed by atoms with van der Waals surface area (Å²) in [6, 6.07) is 0. The number of carbonyl (C=O) groups excluding carboxylic acids is 1. The van der Waals surface area contributed by atoms with E-state index in [1.54, 1.807) is 0 Å². The molecule has 88 valence electrons. The number of nitrogens with one attached hydrogen (secondary N) is 1. The lowest BCUT2D eigenvalue weighted by Gasteiger charge is -2.21. The Balaban J connectivity index is 2.16. The number of hydrogen-bond acceptors (Lipinski definition) is 3. The second-order valence-corrected chi connectivity index (χ2v) is 4.77. The molecular formula is C11H22N2O2. The molecule has 1 heterocycles. The van der Waals surface area contributed by atoms with Gasteiger partial charge < -0.3 is 15.8 Å². The van der Waals surface area contributed by atoms with Crippen LogP contribution in [-0.4, -0.2) is 31.7 Å². The van der Waals surface area contributed by atoms with Gasteiger partial charge in [0.1, 0.15) is 0 Å². The third-order valence-corrected chi connectivity index (χ3v) is 2.90. The Kier molecular flexibility index (Phi) is 4.54. The molecule has 4 heteroatoms. The number of carbonyl (C=O) groups is 1. The second-order valence-electron chi connectivity index (χ2n) is 4.77. The average Bonchev–Trinajstić information content (AvgIpc) is 2.70. The molecule has 1 fully saturated rings. The van der Waals surface area contributed by atoms with Gasteiger partial charge in [0.25, 0.3) is 0 Å². The molecule has 0 aromatic rings. The minimum Gasteiger partial charge on any atom is -0.378 e. The van der Waals surface area contributed by atoms with E-state index in [4.69, 9.17) is 10.5 Å². The largest absolute Gasteiger partial charge is 0.378 e. The van der Waals surface area contributed by atoms with Crippen LogP contribution in [0.25, 0.3) is 0 Å². The molecular weight excluding hydrogens is 192 g/mol. The van der Waals surface area contributed by atoms with Crippen LogP contribution in [-0.2, 0) is 9.53 Å². The van der Waals surface area contributed by atoms with E-state index < -0.39 is 5.41 Å². The first-order valence-corrected chi connectivity index (χ1v) is 5.66. The summed E-state index contributed by atoms with van der Waals surface area (Å²) >= 11 is 0. The molecule has 1 aliphatic rings. The van der Waals surface area contributed by atoms with Gasteiger partial charge in [0.05, 0.1) is 11.5 Å². The summed E-state index contributed by atoms with van der Waals surface area (Å²) in [5, 5.41) is 2.90. The van der Waals surface area contributed by atoms with Gasteiger partial charge in [-0.1, -0.05) is 0 Å². The highest BCUT2D eigenvalue weighted by Crippen LogP contribution is 2.15. The lowest BCUT2D eigenvalue weighted by atomic mass is 9.92. The Labute approximate surface area is 91.5 Å². The van der Waals surface area contributed by atoms with E-state index in [0.29, 0.717) is 19.2 Å². The van der Waals surface area contributed by atoms with Crippen molar-refractivity contribution in [1.29, 1.82) is 0 Å². The number of hydrogen-bond donors (Lipinski definition) is 2. The molecule has 1 rings (SSSR count). The standard InChI is InChI=1S/C11H22N2O2/c1-11(2,8-12)10(14)13-6-5-9-4-3-7-15-9/h9H,3-8,12H2,1-2H3,(H,13,14). The molecule has 1 aliphatic heterocycles. The van der Waals surface area contributed by atoms with Gasteiger partial charge in [-0.05, 0) is 33.1 Å². The maximum atomic E-state index is 11.6. The van der Waals surface area contributed by atoms with Crippen LogP contribution in [0.1, 0.15) is 33.1 Å². The third kappa shape index (κ3) is 3.80. The highest BCUT2D eigenvalue weighted by atomic mass is 16.5. The summed E-state index contributed by atoms with van der Waals surface area (Å²) in [6.07, 6.45) is 3.52. The zero-order chi connectivity index (χ0) is 11.3. The molecule has 0 aromatic heterocycles. The van der Waals surface area contributed by atoms with Crippen LogP contribution >= 0.6 is 0 Å². The summed E-state index contributed by atoms with van der Waals surface area (Å²) in [6.45, 7) is 5.64. The van der Waals surface area contributed by atoms with Gasteiger partial charge in [0.15, 0.2) is 0 Å². The highest BCUT2D eigenvalue weighted by Gasteiger charge is 2.25. The lowest BCUT2D eigenvalue weighted by molar-refractivity contribution is -0.128. The van der Waals surface area contributed by atoms with Crippen LogP contribution in [0.3, 0.4) is 0 Å². The summed E-state index contributed by atoms with van der Waals surface area (Å²) in [4.78, 5) is 11.6. The van der Waals surface area contributed by atoms with Crippen molar-refractivity contribution in [3.05, 3.63) is 0 Å². The van der Waals surface area contributed by atoms with Gasteiger partial charge >= 0.3 is 0 Å². The normalized spacial score (nSPS) is 21.7. The SMILES string of the molecule is CC(C)(CN)C(=O)NCCC1CCCO1. The lowest BCUT2D eigenvalue weighted by Crippen LogP contribution is -2.42. The Bertz CT molecular complexity index is 211. The number of nitrogens with two attached hydrogens (primary N) is 1. The smallest absolute Gasteiger partial charge is 0.226 e. The van der Waals surface area contributed by atoms with Crippen molar-refractivity contribution in [2.75, 3.05) is 19.7 Å². The molecule has 0 radical (unpaired) electrons. The Hall–Kier alpha value is -0.610. The Morgan fingerprint density at radius 2 is 2.33 bits per heavy atom. The van der Waals surface area contributed by atoms with Crippen molar-refractivity contribution in [3.63, 3.8) is 0 Å². The monoisotopic (exact) mass is 214 g/mol. The number of rotatable bonds is 5. The van der Waals surface area contributed by atoms with Gasteiger partial charge in [-0.15, -0.1) is 0 Å². The van der Waals surface area contributed by atoms with Crippen molar-refractivity contribution >= 4 is 5.91 Å². The zero-order valence-electron chi connectivity index (χ0n) is 9.71. The number of ether oxygens (including phenoxy) is 1. The van der Waals surface area contributed by atoms with Crippen LogP contribution < -0.4 is 11.1 Å². The van der Waals surface area contributed by atoms with E-state index in [1.807, 2.05) is 13.8 Å². The van der Waals surface area contributed by atoms with Gasteiger partial charge in [-0.3, -0.25) is 4.79 Å². The van der Waals surface area contributed by atoms with Crippen LogP contribution in [0.5, 0.6) is 0 Å². The third-order valence-electron chi connectivity index (χ3n) is 2.90. The molecule has 0 saturated carbocycles. The molecule has 1 unspecified atom stereocenters. The molecule has 1 amide bonds. The zero-order valence-corrected chi connectivity index (χ0v) is 9.71. The van der Waals surface area contributed by atoms with E-state index in [1.165, 1.54) is 0 Å². The van der Waals surface area contributed by atoms with Crippen molar-refractivity contribution < 1.29 is 9.53 Å². The molecule has 0 aromatic carbocycles.